The first-order chi connectivity index (χ1) is 5.37. The first-order valence-corrected chi connectivity index (χ1v) is 4.53. The molecule has 0 aliphatic carbocycles. The van der Waals surface area contributed by atoms with Crippen LogP contribution in [0.4, 0.5) is 0 Å². The van der Waals surface area contributed by atoms with Crippen LogP contribution in [0.15, 0.2) is 23.4 Å². The Labute approximate surface area is 76.3 Å². The summed E-state index contributed by atoms with van der Waals surface area (Å²) in [6.45, 7) is 14.6. The molecular formula is C11H21N. The molecule has 0 saturated carbocycles. The molecule has 0 aliphatic rings. The maximum Gasteiger partial charge on any atom is 0.0334 e. The Balaban J connectivity index is 4.67. The Morgan fingerprint density at radius 2 is 1.50 bits per heavy atom. The van der Waals surface area contributed by atoms with Crippen LogP contribution in [0.3, 0.4) is 0 Å². The number of allylic oxidation sites excluding steroid dienone is 2. The zero-order chi connectivity index (χ0) is 9.89. The summed E-state index contributed by atoms with van der Waals surface area (Å²) >= 11 is 0. The Kier molecular flexibility index (Phi) is 4.08. The van der Waals surface area contributed by atoms with Crippen molar-refractivity contribution in [1.82, 2.24) is 0 Å². The first kappa shape index (κ1) is 11.3. The molecule has 0 rings (SSSR count). The van der Waals surface area contributed by atoms with Crippen LogP contribution in [-0.4, -0.2) is 0 Å². The highest BCUT2D eigenvalue weighted by Crippen LogP contribution is 2.20. The molecule has 0 saturated heterocycles. The molecule has 0 fully saturated rings. The SMILES string of the molecule is C=C(/C(N)=C(\C)C(C)C)C(C)C. The average Bonchev–Trinajstić information content (AvgIpc) is 2.00. The third-order valence-corrected chi connectivity index (χ3v) is 2.33. The van der Waals surface area contributed by atoms with Gasteiger partial charge >= 0.3 is 0 Å². The molecule has 0 unspecified atom stereocenters. The fraction of sp³-hybridized carbons (Fsp3) is 0.636. The summed E-state index contributed by atoms with van der Waals surface area (Å²) in [5, 5.41) is 0. The molecule has 0 aromatic carbocycles. The van der Waals surface area contributed by atoms with Crippen LogP contribution >= 0.6 is 0 Å². The normalized spacial score (nSPS) is 13.6. The minimum Gasteiger partial charge on any atom is -0.399 e. The lowest BCUT2D eigenvalue weighted by molar-refractivity contribution is 0.728. The van der Waals surface area contributed by atoms with Gasteiger partial charge in [-0.1, -0.05) is 34.3 Å². The smallest absolute Gasteiger partial charge is 0.0334 e. The number of rotatable bonds is 3. The predicted molar refractivity (Wildman–Crippen MR) is 55.7 cm³/mol. The van der Waals surface area contributed by atoms with E-state index < -0.39 is 0 Å². The first-order valence-electron chi connectivity index (χ1n) is 4.53. The van der Waals surface area contributed by atoms with Gasteiger partial charge in [-0.15, -0.1) is 0 Å². The number of hydrogen-bond donors (Lipinski definition) is 1. The zero-order valence-corrected chi connectivity index (χ0v) is 8.94. The Hall–Kier alpha value is -0.720. The highest BCUT2D eigenvalue weighted by Gasteiger charge is 2.08. The van der Waals surface area contributed by atoms with Gasteiger partial charge in [0, 0.05) is 5.70 Å². The standard InChI is InChI=1S/C11H21N/c1-7(2)9(5)11(12)10(6)8(3)4/h7-8H,5,12H2,1-4,6H3/b11-10-. The van der Waals surface area contributed by atoms with E-state index in [4.69, 9.17) is 5.73 Å². The average molecular weight is 167 g/mol. The van der Waals surface area contributed by atoms with Gasteiger partial charge in [0.15, 0.2) is 0 Å². The van der Waals surface area contributed by atoms with Crippen LogP contribution in [0.5, 0.6) is 0 Å². The molecule has 1 nitrogen and oxygen atoms in total. The van der Waals surface area contributed by atoms with Crippen molar-refractivity contribution in [2.24, 2.45) is 17.6 Å². The van der Waals surface area contributed by atoms with Crippen molar-refractivity contribution >= 4 is 0 Å². The molecule has 70 valence electrons. The molecule has 0 aliphatic heterocycles. The van der Waals surface area contributed by atoms with E-state index in [-0.39, 0.29) is 0 Å². The monoisotopic (exact) mass is 167 g/mol. The van der Waals surface area contributed by atoms with Crippen molar-refractivity contribution in [3.05, 3.63) is 23.4 Å². The summed E-state index contributed by atoms with van der Waals surface area (Å²) in [7, 11) is 0. The van der Waals surface area contributed by atoms with E-state index >= 15 is 0 Å². The van der Waals surface area contributed by atoms with Crippen molar-refractivity contribution in [2.75, 3.05) is 0 Å². The number of nitrogens with two attached hydrogens (primary N) is 1. The lowest BCUT2D eigenvalue weighted by atomic mass is 9.94. The highest BCUT2D eigenvalue weighted by atomic mass is 14.6. The van der Waals surface area contributed by atoms with E-state index in [1.54, 1.807) is 0 Å². The summed E-state index contributed by atoms with van der Waals surface area (Å²) < 4.78 is 0. The summed E-state index contributed by atoms with van der Waals surface area (Å²) in [6.07, 6.45) is 0. The quantitative estimate of drug-likeness (QED) is 0.642. The third-order valence-electron chi connectivity index (χ3n) is 2.33. The van der Waals surface area contributed by atoms with E-state index in [0.29, 0.717) is 11.8 Å². The molecule has 0 aromatic rings. The van der Waals surface area contributed by atoms with Gasteiger partial charge in [-0.05, 0) is 29.9 Å². The van der Waals surface area contributed by atoms with Gasteiger partial charge in [-0.2, -0.15) is 0 Å². The Bertz CT molecular complexity index is 197. The molecule has 1 heteroatoms. The molecule has 0 heterocycles. The molecule has 12 heavy (non-hydrogen) atoms. The largest absolute Gasteiger partial charge is 0.399 e. The van der Waals surface area contributed by atoms with E-state index in [1.807, 2.05) is 0 Å². The fourth-order valence-corrected chi connectivity index (χ4v) is 0.875. The number of hydrogen-bond acceptors (Lipinski definition) is 1. The van der Waals surface area contributed by atoms with Gasteiger partial charge < -0.3 is 5.73 Å². The van der Waals surface area contributed by atoms with Crippen LogP contribution in [-0.2, 0) is 0 Å². The summed E-state index contributed by atoms with van der Waals surface area (Å²) in [5.41, 5.74) is 9.13. The molecule has 0 atom stereocenters. The van der Waals surface area contributed by atoms with Crippen molar-refractivity contribution in [2.45, 2.75) is 34.6 Å². The molecular weight excluding hydrogens is 146 g/mol. The van der Waals surface area contributed by atoms with Crippen molar-refractivity contribution in [3.63, 3.8) is 0 Å². The van der Waals surface area contributed by atoms with Gasteiger partial charge in [-0.25, -0.2) is 0 Å². The van der Waals surface area contributed by atoms with Gasteiger partial charge in [-0.3, -0.25) is 0 Å². The minimum atomic E-state index is 0.443. The second kappa shape index (κ2) is 4.34. The van der Waals surface area contributed by atoms with Gasteiger partial charge in [0.2, 0.25) is 0 Å². The highest BCUT2D eigenvalue weighted by molar-refractivity contribution is 5.31. The summed E-state index contributed by atoms with van der Waals surface area (Å²) in [5.74, 6) is 0.958. The van der Waals surface area contributed by atoms with Gasteiger partial charge in [0.1, 0.15) is 0 Å². The van der Waals surface area contributed by atoms with E-state index in [2.05, 4.69) is 41.2 Å². The molecule has 0 radical (unpaired) electrons. The van der Waals surface area contributed by atoms with Crippen LogP contribution in [0, 0.1) is 11.8 Å². The third kappa shape index (κ3) is 2.72. The Morgan fingerprint density at radius 1 is 1.08 bits per heavy atom. The van der Waals surface area contributed by atoms with E-state index in [1.165, 1.54) is 5.57 Å². The van der Waals surface area contributed by atoms with Crippen molar-refractivity contribution < 1.29 is 0 Å². The summed E-state index contributed by atoms with van der Waals surface area (Å²) in [4.78, 5) is 0. The zero-order valence-electron chi connectivity index (χ0n) is 8.94. The maximum atomic E-state index is 5.94. The van der Waals surface area contributed by atoms with Crippen LogP contribution in [0.25, 0.3) is 0 Å². The lowest BCUT2D eigenvalue weighted by Gasteiger charge is -2.15. The molecule has 2 N–H and O–H groups in total. The van der Waals surface area contributed by atoms with E-state index in [9.17, 15) is 0 Å². The second-order valence-corrected chi connectivity index (χ2v) is 3.93. The Morgan fingerprint density at radius 3 is 1.75 bits per heavy atom. The lowest BCUT2D eigenvalue weighted by Crippen LogP contribution is -2.10. The van der Waals surface area contributed by atoms with Gasteiger partial charge in [0.05, 0.1) is 0 Å². The van der Waals surface area contributed by atoms with Crippen molar-refractivity contribution in [3.8, 4) is 0 Å². The van der Waals surface area contributed by atoms with E-state index in [0.717, 1.165) is 11.3 Å². The fourth-order valence-electron chi connectivity index (χ4n) is 0.875. The summed E-state index contributed by atoms with van der Waals surface area (Å²) in [6, 6.07) is 0. The molecule has 0 bridgehead atoms. The second-order valence-electron chi connectivity index (χ2n) is 3.93. The van der Waals surface area contributed by atoms with Crippen LogP contribution < -0.4 is 5.73 Å². The van der Waals surface area contributed by atoms with Gasteiger partial charge in [0.25, 0.3) is 0 Å². The molecule has 0 amide bonds. The molecule has 0 aromatic heterocycles. The molecule has 0 spiro atoms. The maximum absolute atomic E-state index is 5.94. The van der Waals surface area contributed by atoms with Crippen LogP contribution in [0.2, 0.25) is 0 Å². The van der Waals surface area contributed by atoms with Crippen LogP contribution in [0.1, 0.15) is 34.6 Å². The van der Waals surface area contributed by atoms with Crippen molar-refractivity contribution in [1.29, 1.82) is 0 Å². The topological polar surface area (TPSA) is 26.0 Å². The predicted octanol–water partition coefficient (Wildman–Crippen LogP) is 3.09. The minimum absolute atomic E-state index is 0.443.